The molecule has 3 aromatic rings. The Labute approximate surface area is 121 Å². The van der Waals surface area contributed by atoms with Gasteiger partial charge in [-0.05, 0) is 24.6 Å². The van der Waals surface area contributed by atoms with E-state index in [0.717, 1.165) is 22.2 Å². The molecule has 0 aliphatic rings. The van der Waals surface area contributed by atoms with Crippen LogP contribution in [0.4, 0.5) is 0 Å². The minimum atomic E-state index is -0.100. The fourth-order valence-electron chi connectivity index (χ4n) is 2.44. The fraction of sp³-hybridized carbons (Fsp3) is 0.125. The molecule has 0 bridgehead atoms. The molecule has 2 aromatic carbocycles. The molecule has 1 heterocycles. The molecule has 4 heteroatoms. The van der Waals surface area contributed by atoms with Gasteiger partial charge in [0.25, 0.3) is 5.56 Å². The lowest BCUT2D eigenvalue weighted by molar-refractivity contribution is 0.873. The van der Waals surface area contributed by atoms with Crippen LogP contribution in [0.2, 0.25) is 5.02 Å². The lowest BCUT2D eigenvalue weighted by atomic mass is 10.0. The van der Waals surface area contributed by atoms with E-state index in [-0.39, 0.29) is 5.56 Å². The molecule has 0 aliphatic heterocycles. The van der Waals surface area contributed by atoms with Gasteiger partial charge in [0.15, 0.2) is 0 Å². The molecule has 3 nitrogen and oxygen atoms in total. The minimum Gasteiger partial charge on any atom is -0.308 e. The molecule has 0 spiro atoms. The molecule has 0 radical (unpaired) electrons. The molecule has 0 N–H and O–H groups in total. The van der Waals surface area contributed by atoms with E-state index in [1.807, 2.05) is 42.5 Å². The summed E-state index contributed by atoms with van der Waals surface area (Å²) < 4.78 is 1.62. The summed E-state index contributed by atoms with van der Waals surface area (Å²) in [6, 6.07) is 13.5. The van der Waals surface area contributed by atoms with Gasteiger partial charge in [-0.25, -0.2) is 4.98 Å². The molecule has 0 unspecified atom stereocenters. The monoisotopic (exact) mass is 284 g/mol. The van der Waals surface area contributed by atoms with E-state index in [2.05, 4.69) is 4.98 Å². The molecule has 0 atom stereocenters. The first-order valence-corrected chi connectivity index (χ1v) is 6.68. The first-order valence-electron chi connectivity index (χ1n) is 6.31. The van der Waals surface area contributed by atoms with E-state index in [9.17, 15) is 4.79 Å². The van der Waals surface area contributed by atoms with Crippen molar-refractivity contribution in [2.24, 2.45) is 7.05 Å². The normalized spacial score (nSPS) is 10.9. The van der Waals surface area contributed by atoms with Crippen molar-refractivity contribution in [2.75, 3.05) is 0 Å². The van der Waals surface area contributed by atoms with Gasteiger partial charge in [0.05, 0.1) is 16.1 Å². The summed E-state index contributed by atoms with van der Waals surface area (Å²) in [4.78, 5) is 16.5. The van der Waals surface area contributed by atoms with Crippen LogP contribution < -0.4 is 5.56 Å². The van der Waals surface area contributed by atoms with Crippen molar-refractivity contribution >= 4 is 22.6 Å². The molecule has 20 heavy (non-hydrogen) atoms. The van der Waals surface area contributed by atoms with Crippen molar-refractivity contribution in [2.45, 2.75) is 6.92 Å². The van der Waals surface area contributed by atoms with Gasteiger partial charge in [-0.3, -0.25) is 4.79 Å². The van der Waals surface area contributed by atoms with E-state index < -0.39 is 0 Å². The highest BCUT2D eigenvalue weighted by molar-refractivity contribution is 6.34. The zero-order valence-electron chi connectivity index (χ0n) is 11.2. The summed E-state index contributed by atoms with van der Waals surface area (Å²) in [5.74, 6) is 0. The number of aromatic nitrogens is 2. The third-order valence-corrected chi connectivity index (χ3v) is 3.72. The van der Waals surface area contributed by atoms with E-state index in [1.54, 1.807) is 18.5 Å². The van der Waals surface area contributed by atoms with Crippen molar-refractivity contribution < 1.29 is 0 Å². The smallest absolute Gasteiger partial charge is 0.272 e. The molecule has 0 saturated heterocycles. The first kappa shape index (κ1) is 12.9. The van der Waals surface area contributed by atoms with Crippen LogP contribution in [0, 0.1) is 6.92 Å². The molecule has 0 aliphatic carbocycles. The zero-order chi connectivity index (χ0) is 14.3. The van der Waals surface area contributed by atoms with Gasteiger partial charge >= 0.3 is 0 Å². The highest BCUT2D eigenvalue weighted by Crippen LogP contribution is 2.33. The van der Waals surface area contributed by atoms with E-state index >= 15 is 0 Å². The van der Waals surface area contributed by atoms with Gasteiger partial charge in [-0.2, -0.15) is 0 Å². The number of rotatable bonds is 1. The Bertz CT molecular complexity index is 854. The van der Waals surface area contributed by atoms with Crippen LogP contribution in [0.5, 0.6) is 0 Å². The van der Waals surface area contributed by atoms with Crippen LogP contribution in [-0.4, -0.2) is 9.55 Å². The number of fused-ring (bicyclic) bond motifs is 1. The fourth-order valence-corrected chi connectivity index (χ4v) is 2.70. The van der Waals surface area contributed by atoms with Crippen LogP contribution in [0.15, 0.2) is 47.3 Å². The van der Waals surface area contributed by atoms with Gasteiger partial charge in [-0.1, -0.05) is 41.9 Å². The Morgan fingerprint density at radius 3 is 2.50 bits per heavy atom. The van der Waals surface area contributed by atoms with Crippen molar-refractivity contribution in [1.82, 2.24) is 9.55 Å². The number of halogens is 1. The second-order valence-corrected chi connectivity index (χ2v) is 5.12. The third-order valence-electron chi connectivity index (χ3n) is 3.41. The summed E-state index contributed by atoms with van der Waals surface area (Å²) in [7, 11) is 1.75. The molecule has 0 saturated carbocycles. The number of benzene rings is 2. The van der Waals surface area contributed by atoms with Gasteiger partial charge in [0.1, 0.15) is 5.69 Å². The maximum Gasteiger partial charge on any atom is 0.272 e. The number of hydrogen-bond donors (Lipinski definition) is 0. The van der Waals surface area contributed by atoms with Crippen LogP contribution in [-0.2, 0) is 7.05 Å². The summed E-state index contributed by atoms with van der Waals surface area (Å²) in [5.41, 5.74) is 3.74. The first-order chi connectivity index (χ1) is 9.59. The Morgan fingerprint density at radius 2 is 1.80 bits per heavy atom. The topological polar surface area (TPSA) is 34.9 Å². The predicted molar refractivity (Wildman–Crippen MR) is 82.2 cm³/mol. The number of nitrogens with zero attached hydrogens (tertiary/aromatic N) is 2. The Balaban J connectivity index is 2.51. The summed E-state index contributed by atoms with van der Waals surface area (Å²) >= 11 is 6.36. The zero-order valence-corrected chi connectivity index (χ0v) is 12.0. The molecule has 0 amide bonds. The maximum atomic E-state index is 12.1. The highest BCUT2D eigenvalue weighted by Gasteiger charge is 2.14. The SMILES string of the molecule is Cc1nc2ccc(Cl)c(-c3ccccc3)c2n(C)c1=O. The number of aryl methyl sites for hydroxylation is 2. The third kappa shape index (κ3) is 1.91. The second-order valence-electron chi connectivity index (χ2n) is 4.72. The Hall–Kier alpha value is -2.13. The molecule has 1 aromatic heterocycles. The van der Waals surface area contributed by atoms with Crippen molar-refractivity contribution in [3.05, 3.63) is 63.5 Å². The lowest BCUT2D eigenvalue weighted by Crippen LogP contribution is -2.21. The van der Waals surface area contributed by atoms with Crippen molar-refractivity contribution in [1.29, 1.82) is 0 Å². The Kier molecular flexibility index (Phi) is 3.07. The lowest BCUT2D eigenvalue weighted by Gasteiger charge is -2.13. The maximum absolute atomic E-state index is 12.1. The highest BCUT2D eigenvalue weighted by atomic mass is 35.5. The van der Waals surface area contributed by atoms with Crippen LogP contribution in [0.3, 0.4) is 0 Å². The average molecular weight is 285 g/mol. The van der Waals surface area contributed by atoms with Gasteiger partial charge in [-0.15, -0.1) is 0 Å². The summed E-state index contributed by atoms with van der Waals surface area (Å²) in [6.45, 7) is 1.72. The summed E-state index contributed by atoms with van der Waals surface area (Å²) in [5, 5.41) is 0.615. The van der Waals surface area contributed by atoms with Crippen LogP contribution >= 0.6 is 11.6 Å². The van der Waals surface area contributed by atoms with Crippen LogP contribution in [0.25, 0.3) is 22.2 Å². The van der Waals surface area contributed by atoms with Crippen LogP contribution in [0.1, 0.15) is 5.69 Å². The van der Waals surface area contributed by atoms with Gasteiger partial charge in [0.2, 0.25) is 0 Å². The van der Waals surface area contributed by atoms with Crippen molar-refractivity contribution in [3.8, 4) is 11.1 Å². The Morgan fingerprint density at radius 1 is 1.10 bits per heavy atom. The quantitative estimate of drug-likeness (QED) is 0.685. The van der Waals surface area contributed by atoms with Gasteiger partial charge in [0, 0.05) is 12.6 Å². The van der Waals surface area contributed by atoms with Gasteiger partial charge < -0.3 is 4.57 Å². The molecule has 3 rings (SSSR count). The molecule has 100 valence electrons. The molecule has 0 fully saturated rings. The number of hydrogen-bond acceptors (Lipinski definition) is 2. The van der Waals surface area contributed by atoms with E-state index in [1.165, 1.54) is 0 Å². The second kappa shape index (κ2) is 4.76. The average Bonchev–Trinajstić information content (AvgIpc) is 2.46. The predicted octanol–water partition coefficient (Wildman–Crippen LogP) is 3.56. The van der Waals surface area contributed by atoms with E-state index in [0.29, 0.717) is 10.7 Å². The molecular formula is C16H13ClN2O. The minimum absolute atomic E-state index is 0.100. The largest absolute Gasteiger partial charge is 0.308 e. The molecular weight excluding hydrogens is 272 g/mol. The standard InChI is InChI=1S/C16H13ClN2O/c1-10-16(20)19(2)15-13(18-10)9-8-12(17)14(15)11-6-4-3-5-7-11/h3-9H,1-2H3. The summed E-state index contributed by atoms with van der Waals surface area (Å²) in [6.07, 6.45) is 0. The van der Waals surface area contributed by atoms with Crippen molar-refractivity contribution in [3.63, 3.8) is 0 Å². The van der Waals surface area contributed by atoms with E-state index in [4.69, 9.17) is 11.6 Å².